The van der Waals surface area contributed by atoms with Gasteiger partial charge in [-0.1, -0.05) is 127 Å². The van der Waals surface area contributed by atoms with E-state index in [4.69, 9.17) is 0 Å². The van der Waals surface area contributed by atoms with Gasteiger partial charge in [-0.3, -0.25) is 0 Å². The number of rotatable bonds is 3. The molecule has 0 spiro atoms. The number of hydrogen-bond acceptors (Lipinski definition) is 1. The Morgan fingerprint density at radius 2 is 1.02 bits per heavy atom. The van der Waals surface area contributed by atoms with Crippen LogP contribution in [0, 0.1) is 11.3 Å². The molecule has 1 aliphatic heterocycles. The SMILES string of the molecule is N#Cc1ccc2c3cccc4c3n(c2c1)-c1ccccc1B4n1c2cc(-c3ccccc3)ccc2c2ccc(-c3ccccc3)cc21. The highest BCUT2D eigenvalue weighted by Gasteiger charge is 2.36. The third kappa shape index (κ3) is 3.69. The average Bonchev–Trinajstić information content (AvgIpc) is 3.65. The molecule has 3 nitrogen and oxygen atoms in total. The molecule has 1 aliphatic rings. The fourth-order valence-corrected chi connectivity index (χ4v) is 7.95. The Balaban J connectivity index is 1.36. The molecule has 3 heterocycles. The second-order valence-electron chi connectivity index (χ2n) is 12.4. The zero-order chi connectivity index (χ0) is 31.1. The Bertz CT molecular complexity index is 2650. The van der Waals surface area contributed by atoms with E-state index < -0.39 is 0 Å². The third-order valence-electron chi connectivity index (χ3n) is 9.99. The summed E-state index contributed by atoms with van der Waals surface area (Å²) < 4.78 is 4.96. The molecule has 9 aromatic rings. The van der Waals surface area contributed by atoms with Gasteiger partial charge < -0.3 is 9.05 Å². The number of fused-ring (bicyclic) bond motifs is 8. The minimum Gasteiger partial charge on any atom is -0.376 e. The highest BCUT2D eigenvalue weighted by molar-refractivity contribution is 6.88. The molecule has 4 heteroatoms. The van der Waals surface area contributed by atoms with Gasteiger partial charge in [0.1, 0.15) is 0 Å². The van der Waals surface area contributed by atoms with Crippen LogP contribution in [0.1, 0.15) is 5.56 Å². The molecule has 47 heavy (non-hydrogen) atoms. The summed E-state index contributed by atoms with van der Waals surface area (Å²) in [6.07, 6.45) is 0. The van der Waals surface area contributed by atoms with Crippen LogP contribution in [0.5, 0.6) is 0 Å². The molecular weight excluding hydrogens is 569 g/mol. The predicted octanol–water partition coefficient (Wildman–Crippen LogP) is 9.06. The van der Waals surface area contributed by atoms with Gasteiger partial charge in [0, 0.05) is 38.3 Å². The van der Waals surface area contributed by atoms with Gasteiger partial charge in [0.15, 0.2) is 0 Å². The molecule has 0 bridgehead atoms. The Hall–Kier alpha value is -6.31. The second kappa shape index (κ2) is 9.85. The van der Waals surface area contributed by atoms with E-state index in [1.165, 1.54) is 65.9 Å². The first kappa shape index (κ1) is 26.0. The molecule has 0 N–H and O–H groups in total. The quantitative estimate of drug-likeness (QED) is 0.188. The van der Waals surface area contributed by atoms with Gasteiger partial charge in [0.05, 0.1) is 22.7 Å². The van der Waals surface area contributed by atoms with Crippen molar-refractivity contribution in [1.29, 1.82) is 5.26 Å². The average molecular weight is 596 g/mol. The van der Waals surface area contributed by atoms with Crippen LogP contribution >= 0.6 is 0 Å². The van der Waals surface area contributed by atoms with Crippen molar-refractivity contribution >= 4 is 61.4 Å². The number of nitrogens with zero attached hydrogens (tertiary/aromatic N) is 3. The Morgan fingerprint density at radius 1 is 0.447 bits per heavy atom. The van der Waals surface area contributed by atoms with Crippen LogP contribution in [-0.4, -0.2) is 15.9 Å². The van der Waals surface area contributed by atoms with Crippen molar-refractivity contribution in [1.82, 2.24) is 9.05 Å². The fourth-order valence-electron chi connectivity index (χ4n) is 7.95. The maximum Gasteiger partial charge on any atom is 0.332 e. The molecule has 0 radical (unpaired) electrons. The standard InChI is InChI=1S/C43H26BN3/c45-27-28-18-21-35-36-14-9-16-38-43(36)46(40(35)24-28)39-17-8-7-15-37(39)44(38)47-41-25-31(29-10-3-1-4-11-29)19-22-33(41)34-23-20-32(26-42(34)47)30-12-5-2-6-13-30/h1-26H. The van der Waals surface area contributed by atoms with Crippen molar-refractivity contribution in [3.8, 4) is 34.0 Å². The lowest BCUT2D eigenvalue weighted by Gasteiger charge is -2.28. The maximum absolute atomic E-state index is 9.81. The predicted molar refractivity (Wildman–Crippen MR) is 196 cm³/mol. The monoisotopic (exact) mass is 595 g/mol. The van der Waals surface area contributed by atoms with E-state index in [9.17, 15) is 5.26 Å². The molecule has 0 fully saturated rings. The van der Waals surface area contributed by atoms with Gasteiger partial charge in [0.25, 0.3) is 0 Å². The van der Waals surface area contributed by atoms with E-state index in [1.807, 2.05) is 12.1 Å². The normalized spacial score (nSPS) is 12.2. The zero-order valence-corrected chi connectivity index (χ0v) is 25.4. The van der Waals surface area contributed by atoms with Crippen LogP contribution in [0.3, 0.4) is 0 Å². The van der Waals surface area contributed by atoms with Crippen molar-refractivity contribution < 1.29 is 0 Å². The van der Waals surface area contributed by atoms with Gasteiger partial charge in [-0.2, -0.15) is 5.26 Å². The van der Waals surface area contributed by atoms with Gasteiger partial charge in [-0.25, -0.2) is 0 Å². The van der Waals surface area contributed by atoms with Crippen LogP contribution in [0.2, 0.25) is 0 Å². The molecule has 216 valence electrons. The van der Waals surface area contributed by atoms with E-state index in [-0.39, 0.29) is 6.85 Å². The van der Waals surface area contributed by atoms with Crippen molar-refractivity contribution in [3.63, 3.8) is 0 Å². The Morgan fingerprint density at radius 3 is 1.68 bits per heavy atom. The summed E-state index contributed by atoms with van der Waals surface area (Å²) in [5, 5.41) is 14.7. The lowest BCUT2D eigenvalue weighted by Crippen LogP contribution is -2.53. The molecule has 0 atom stereocenters. The minimum atomic E-state index is -0.0702. The Kier molecular flexibility index (Phi) is 5.44. The molecule has 0 amide bonds. The van der Waals surface area contributed by atoms with Crippen molar-refractivity contribution in [2.75, 3.05) is 0 Å². The van der Waals surface area contributed by atoms with Gasteiger partial charge in [-0.05, 0) is 63.5 Å². The summed E-state index contributed by atoms with van der Waals surface area (Å²) in [7, 11) is 0. The first-order chi connectivity index (χ1) is 23.3. The van der Waals surface area contributed by atoms with Crippen LogP contribution in [0.25, 0.3) is 71.6 Å². The van der Waals surface area contributed by atoms with Crippen LogP contribution in [0.15, 0.2) is 158 Å². The summed E-state index contributed by atoms with van der Waals surface area (Å²) in [6.45, 7) is -0.0702. The molecule has 0 saturated carbocycles. The number of nitriles is 1. The topological polar surface area (TPSA) is 33.6 Å². The second-order valence-corrected chi connectivity index (χ2v) is 12.4. The molecule has 2 aromatic heterocycles. The van der Waals surface area contributed by atoms with Gasteiger partial charge >= 0.3 is 6.85 Å². The number of benzene rings is 7. The highest BCUT2D eigenvalue weighted by Crippen LogP contribution is 2.38. The first-order valence-corrected chi connectivity index (χ1v) is 16.0. The van der Waals surface area contributed by atoms with E-state index in [1.54, 1.807) is 0 Å². The number of para-hydroxylation sites is 2. The van der Waals surface area contributed by atoms with Crippen molar-refractivity contribution in [2.45, 2.75) is 0 Å². The molecule has 7 aromatic carbocycles. The maximum atomic E-state index is 9.81. The summed E-state index contributed by atoms with van der Waals surface area (Å²) in [6, 6.07) is 59.1. The molecule has 0 aliphatic carbocycles. The van der Waals surface area contributed by atoms with E-state index in [2.05, 4.69) is 161 Å². The minimum absolute atomic E-state index is 0.0702. The lowest BCUT2D eigenvalue weighted by atomic mass is 9.48. The van der Waals surface area contributed by atoms with Crippen LogP contribution in [-0.2, 0) is 0 Å². The summed E-state index contributed by atoms with van der Waals surface area (Å²) in [5.41, 5.74) is 13.8. The van der Waals surface area contributed by atoms with Crippen molar-refractivity contribution in [2.24, 2.45) is 0 Å². The fraction of sp³-hybridized carbons (Fsp3) is 0. The number of aromatic nitrogens is 2. The zero-order valence-electron chi connectivity index (χ0n) is 25.4. The third-order valence-corrected chi connectivity index (χ3v) is 9.99. The van der Waals surface area contributed by atoms with E-state index in [0.717, 1.165) is 16.6 Å². The van der Waals surface area contributed by atoms with Gasteiger partial charge in [-0.15, -0.1) is 0 Å². The molecule has 0 saturated heterocycles. The summed E-state index contributed by atoms with van der Waals surface area (Å²) >= 11 is 0. The summed E-state index contributed by atoms with van der Waals surface area (Å²) in [5.74, 6) is 0. The molecule has 10 rings (SSSR count). The first-order valence-electron chi connectivity index (χ1n) is 16.0. The molecular formula is C43H26BN3. The van der Waals surface area contributed by atoms with E-state index in [0.29, 0.717) is 5.56 Å². The lowest BCUT2D eigenvalue weighted by molar-refractivity contribution is 1.18. The van der Waals surface area contributed by atoms with Crippen molar-refractivity contribution in [3.05, 3.63) is 163 Å². The Labute approximate surface area is 272 Å². The smallest absolute Gasteiger partial charge is 0.332 e. The number of hydrogen-bond donors (Lipinski definition) is 0. The van der Waals surface area contributed by atoms with Crippen LogP contribution in [0.4, 0.5) is 0 Å². The summed E-state index contributed by atoms with van der Waals surface area (Å²) in [4.78, 5) is 0. The van der Waals surface area contributed by atoms with E-state index >= 15 is 0 Å². The highest BCUT2D eigenvalue weighted by atomic mass is 15.0. The van der Waals surface area contributed by atoms with Crippen LogP contribution < -0.4 is 10.9 Å². The molecule has 0 unspecified atom stereocenters. The largest absolute Gasteiger partial charge is 0.376 e. The van der Waals surface area contributed by atoms with Gasteiger partial charge in [0.2, 0.25) is 0 Å².